The zero-order chi connectivity index (χ0) is 23.2. The quantitative estimate of drug-likeness (QED) is 0.492. The maximum atomic E-state index is 12.9. The van der Waals surface area contributed by atoms with E-state index in [0.717, 1.165) is 40.1 Å². The maximum Gasteiger partial charge on any atom is 0.246 e. The Kier molecular flexibility index (Phi) is 5.67. The van der Waals surface area contributed by atoms with Gasteiger partial charge in [0.25, 0.3) is 0 Å². The summed E-state index contributed by atoms with van der Waals surface area (Å²) >= 11 is 7.70. The number of carbonyl (C=O) groups is 1. The lowest BCUT2D eigenvalue weighted by Crippen LogP contribution is -2.34. The number of nitrogens with one attached hydrogen (secondary N) is 1. The molecule has 9 heteroatoms. The van der Waals surface area contributed by atoms with E-state index in [-0.39, 0.29) is 11.7 Å². The second-order valence-electron chi connectivity index (χ2n) is 9.30. The van der Waals surface area contributed by atoms with Crippen LogP contribution in [0.4, 0.5) is 11.5 Å². The van der Waals surface area contributed by atoms with Crippen LogP contribution in [-0.4, -0.2) is 56.0 Å². The van der Waals surface area contributed by atoms with Crippen LogP contribution in [-0.2, 0) is 17.8 Å². The van der Waals surface area contributed by atoms with Crippen molar-refractivity contribution >= 4 is 50.6 Å². The fourth-order valence-electron chi connectivity index (χ4n) is 5.69. The molecule has 0 aliphatic carbocycles. The smallest absolute Gasteiger partial charge is 0.246 e. The number of carbonyl (C=O) groups excluding carboxylic acids is 1. The summed E-state index contributed by atoms with van der Waals surface area (Å²) in [6, 6.07) is 6.29. The van der Waals surface area contributed by atoms with Crippen molar-refractivity contribution in [1.82, 2.24) is 19.8 Å². The van der Waals surface area contributed by atoms with Crippen molar-refractivity contribution in [3.05, 3.63) is 52.1 Å². The van der Waals surface area contributed by atoms with E-state index < -0.39 is 0 Å². The highest BCUT2D eigenvalue weighted by molar-refractivity contribution is 7.19. The van der Waals surface area contributed by atoms with E-state index in [0.29, 0.717) is 29.6 Å². The van der Waals surface area contributed by atoms with Crippen molar-refractivity contribution in [3.63, 3.8) is 0 Å². The molecule has 0 saturated carbocycles. The van der Waals surface area contributed by atoms with E-state index in [2.05, 4.69) is 20.2 Å². The molecule has 7 nitrogen and oxygen atoms in total. The van der Waals surface area contributed by atoms with Crippen molar-refractivity contribution in [3.8, 4) is 5.75 Å². The van der Waals surface area contributed by atoms with Gasteiger partial charge in [-0.05, 0) is 49.8 Å². The molecule has 2 saturated heterocycles. The molecule has 0 spiro atoms. The predicted molar refractivity (Wildman–Crippen MR) is 135 cm³/mol. The average Bonchev–Trinajstić information content (AvgIpc) is 3.50. The number of halogens is 1. The van der Waals surface area contributed by atoms with Gasteiger partial charge in [-0.1, -0.05) is 17.7 Å². The molecule has 1 amide bonds. The van der Waals surface area contributed by atoms with E-state index in [4.69, 9.17) is 11.6 Å². The van der Waals surface area contributed by atoms with E-state index in [1.165, 1.54) is 43.6 Å². The number of hydrogen-bond donors (Lipinski definition) is 2. The zero-order valence-electron chi connectivity index (χ0n) is 18.7. The molecule has 0 atom stereocenters. The minimum absolute atomic E-state index is 0.0773. The number of thiophene rings is 1. The number of anilines is 2. The Balaban J connectivity index is 1.18. The number of phenols is 1. The number of aromatic nitrogens is 2. The summed E-state index contributed by atoms with van der Waals surface area (Å²) in [5.41, 5.74) is 1.85. The number of nitrogens with zero attached hydrogens (tertiary/aromatic N) is 4. The monoisotopic (exact) mass is 495 g/mol. The van der Waals surface area contributed by atoms with Crippen LogP contribution in [0.2, 0.25) is 5.02 Å². The van der Waals surface area contributed by atoms with Crippen LogP contribution in [0.25, 0.3) is 10.2 Å². The summed E-state index contributed by atoms with van der Waals surface area (Å²) < 4.78 is 0. The van der Waals surface area contributed by atoms with Gasteiger partial charge in [0, 0.05) is 52.9 Å². The summed E-state index contributed by atoms with van der Waals surface area (Å²) in [4.78, 5) is 28.4. The first-order valence-corrected chi connectivity index (χ1v) is 13.0. The minimum atomic E-state index is 0.0773. The van der Waals surface area contributed by atoms with Gasteiger partial charge in [0.2, 0.25) is 5.91 Å². The van der Waals surface area contributed by atoms with Crippen LogP contribution < -0.4 is 5.32 Å². The van der Waals surface area contributed by atoms with Gasteiger partial charge >= 0.3 is 0 Å². The molecule has 0 radical (unpaired) electrons. The number of aromatic hydroxyl groups is 1. The molecular formula is C25H26ClN5O2S. The van der Waals surface area contributed by atoms with Gasteiger partial charge in [-0.3, -0.25) is 9.69 Å². The van der Waals surface area contributed by atoms with Crippen LogP contribution in [0.3, 0.4) is 0 Å². The predicted octanol–water partition coefficient (Wildman–Crippen LogP) is 4.86. The Hall–Kier alpha value is -2.68. The summed E-state index contributed by atoms with van der Waals surface area (Å²) in [6.07, 6.45) is 11.3. The van der Waals surface area contributed by atoms with E-state index >= 15 is 0 Å². The SMILES string of the molecule is O=C(/C=C/CN1C2CCC1CC2)N1CCc2c(sc3ncnc(Nc4cc(O)cc(Cl)c4)c23)C1. The van der Waals surface area contributed by atoms with Crippen molar-refractivity contribution in [1.29, 1.82) is 0 Å². The molecular weight excluding hydrogens is 470 g/mol. The molecule has 3 aromatic rings. The fourth-order valence-corrected chi connectivity index (χ4v) is 7.12. The molecule has 6 rings (SSSR count). The zero-order valence-corrected chi connectivity index (χ0v) is 20.3. The Bertz CT molecular complexity index is 1250. The topological polar surface area (TPSA) is 81.6 Å². The van der Waals surface area contributed by atoms with Crippen molar-refractivity contribution in [2.24, 2.45) is 0 Å². The highest BCUT2D eigenvalue weighted by Crippen LogP contribution is 2.39. The van der Waals surface area contributed by atoms with Crippen LogP contribution >= 0.6 is 22.9 Å². The van der Waals surface area contributed by atoms with Gasteiger partial charge < -0.3 is 15.3 Å². The normalized spacial score (nSPS) is 22.1. The van der Waals surface area contributed by atoms with Crippen LogP contribution in [0.5, 0.6) is 5.75 Å². The Morgan fingerprint density at radius 2 is 2.00 bits per heavy atom. The molecule has 176 valence electrons. The highest BCUT2D eigenvalue weighted by Gasteiger charge is 2.38. The third kappa shape index (κ3) is 4.04. The number of benzene rings is 1. The van der Waals surface area contributed by atoms with Crippen LogP contribution in [0.15, 0.2) is 36.7 Å². The Labute approximate surface area is 207 Å². The minimum Gasteiger partial charge on any atom is -0.508 e. The third-order valence-electron chi connectivity index (χ3n) is 7.27. The second kappa shape index (κ2) is 8.83. The molecule has 3 aliphatic heterocycles. The van der Waals surface area contributed by atoms with Gasteiger partial charge in [-0.2, -0.15) is 0 Å². The molecule has 2 fully saturated rings. The maximum absolute atomic E-state index is 12.9. The third-order valence-corrected chi connectivity index (χ3v) is 8.62. The van der Waals surface area contributed by atoms with Crippen molar-refractivity contribution in [2.75, 3.05) is 18.4 Å². The first kappa shape index (κ1) is 21.8. The standard InChI is InChI=1S/C25H26ClN5O2S/c26-15-10-16(12-19(32)11-15)29-24-23-20-7-9-30(13-21(20)34-25(23)28-14-27-24)22(33)2-1-8-31-17-3-4-18(31)6-5-17/h1-2,10-12,14,17-18,32H,3-9,13H2,(H,27,28,29)/b2-1+. The molecule has 2 bridgehead atoms. The molecule has 0 unspecified atom stereocenters. The van der Waals surface area contributed by atoms with Gasteiger partial charge in [0.15, 0.2) is 0 Å². The Morgan fingerprint density at radius 1 is 1.21 bits per heavy atom. The molecule has 1 aromatic carbocycles. The lowest BCUT2D eigenvalue weighted by Gasteiger charge is -2.26. The molecule has 5 heterocycles. The number of phenolic OH excluding ortho intramolecular Hbond substituents is 1. The lowest BCUT2D eigenvalue weighted by molar-refractivity contribution is -0.126. The average molecular weight is 496 g/mol. The van der Waals surface area contributed by atoms with Gasteiger partial charge in [0.1, 0.15) is 22.7 Å². The number of hydrogen-bond acceptors (Lipinski definition) is 7. The molecule has 3 aliphatic rings. The van der Waals surface area contributed by atoms with E-state index in [1.54, 1.807) is 29.5 Å². The van der Waals surface area contributed by atoms with Gasteiger partial charge in [-0.25, -0.2) is 9.97 Å². The van der Waals surface area contributed by atoms with E-state index in [9.17, 15) is 9.90 Å². The Morgan fingerprint density at radius 3 is 2.76 bits per heavy atom. The molecule has 2 aromatic heterocycles. The van der Waals surface area contributed by atoms with Crippen LogP contribution in [0.1, 0.15) is 36.1 Å². The lowest BCUT2D eigenvalue weighted by atomic mass is 10.0. The number of rotatable bonds is 5. The summed E-state index contributed by atoms with van der Waals surface area (Å²) in [6.45, 7) is 2.14. The van der Waals surface area contributed by atoms with Crippen molar-refractivity contribution < 1.29 is 9.90 Å². The first-order chi connectivity index (χ1) is 16.5. The van der Waals surface area contributed by atoms with Crippen LogP contribution in [0, 0.1) is 0 Å². The summed E-state index contributed by atoms with van der Waals surface area (Å²) in [5, 5.41) is 14.6. The molecule has 2 N–H and O–H groups in total. The van der Waals surface area contributed by atoms with Gasteiger partial charge in [-0.15, -0.1) is 11.3 Å². The highest BCUT2D eigenvalue weighted by atomic mass is 35.5. The summed E-state index contributed by atoms with van der Waals surface area (Å²) in [7, 11) is 0. The molecule has 34 heavy (non-hydrogen) atoms. The number of amides is 1. The fraction of sp³-hybridized carbons (Fsp3) is 0.400. The second-order valence-corrected chi connectivity index (χ2v) is 10.8. The largest absolute Gasteiger partial charge is 0.508 e. The van der Waals surface area contributed by atoms with E-state index in [1.807, 2.05) is 11.0 Å². The summed E-state index contributed by atoms with van der Waals surface area (Å²) in [5.74, 6) is 0.852. The van der Waals surface area contributed by atoms with Crippen molar-refractivity contribution in [2.45, 2.75) is 50.7 Å². The number of fused-ring (bicyclic) bond motifs is 5. The first-order valence-electron chi connectivity index (χ1n) is 11.8. The van der Waals surface area contributed by atoms with Gasteiger partial charge in [0.05, 0.1) is 11.9 Å².